The fourth-order valence-corrected chi connectivity index (χ4v) is 3.03. The molecule has 0 atom stereocenters. The Hall–Kier alpha value is -3.80. The molecular weight excluding hydrogens is 338 g/mol. The third-order valence-electron chi connectivity index (χ3n) is 4.31. The van der Waals surface area contributed by atoms with Gasteiger partial charge in [0.05, 0.1) is 11.1 Å². The molecule has 6 nitrogen and oxygen atoms in total. The van der Waals surface area contributed by atoms with Gasteiger partial charge in [0.25, 0.3) is 0 Å². The average molecular weight is 355 g/mol. The van der Waals surface area contributed by atoms with Crippen LogP contribution >= 0.6 is 0 Å². The summed E-state index contributed by atoms with van der Waals surface area (Å²) in [5, 5.41) is 3.75. The minimum Gasteiger partial charge on any atom is -0.348 e. The first-order chi connectivity index (χ1) is 13.3. The molecule has 2 N–H and O–H groups in total. The minimum atomic E-state index is -0.199. The number of rotatable bonds is 5. The number of carbonyl (C=O) groups excluding carboxylic acids is 1. The standard InChI is InChI=1S/C21H17N5O/c1-2-18(27)23-11-14-4-3-5-16(10-14)20-19-17(15-6-8-22-9-7-15)12-24-21(19)26-13-25-20/h2-10,12-13H,1,11H2,(H,23,27)(H,24,25,26). The van der Waals surface area contributed by atoms with E-state index in [1.807, 2.05) is 42.6 Å². The lowest BCUT2D eigenvalue weighted by Crippen LogP contribution is -2.19. The molecule has 6 heteroatoms. The maximum atomic E-state index is 11.4. The summed E-state index contributed by atoms with van der Waals surface area (Å²) in [6.07, 6.45) is 8.28. The van der Waals surface area contributed by atoms with Crippen LogP contribution in [0.4, 0.5) is 0 Å². The summed E-state index contributed by atoms with van der Waals surface area (Å²) in [6.45, 7) is 3.90. The van der Waals surface area contributed by atoms with Crippen LogP contribution in [0.3, 0.4) is 0 Å². The van der Waals surface area contributed by atoms with E-state index in [4.69, 9.17) is 0 Å². The molecule has 0 radical (unpaired) electrons. The number of pyridine rings is 1. The second-order valence-corrected chi connectivity index (χ2v) is 6.01. The summed E-state index contributed by atoms with van der Waals surface area (Å²) >= 11 is 0. The quantitative estimate of drug-likeness (QED) is 0.537. The number of fused-ring (bicyclic) bond motifs is 1. The van der Waals surface area contributed by atoms with Crippen LogP contribution in [0.15, 0.2) is 74.0 Å². The molecule has 27 heavy (non-hydrogen) atoms. The van der Waals surface area contributed by atoms with Gasteiger partial charge in [0.15, 0.2) is 0 Å². The number of amides is 1. The van der Waals surface area contributed by atoms with E-state index in [1.165, 1.54) is 6.08 Å². The van der Waals surface area contributed by atoms with Crippen molar-refractivity contribution in [1.82, 2.24) is 25.3 Å². The van der Waals surface area contributed by atoms with Gasteiger partial charge in [0.2, 0.25) is 5.91 Å². The van der Waals surface area contributed by atoms with E-state index in [9.17, 15) is 4.79 Å². The van der Waals surface area contributed by atoms with Crippen LogP contribution < -0.4 is 5.32 Å². The SMILES string of the molecule is C=CC(=O)NCc1cccc(-c2ncnc3[nH]cc(-c4ccncc4)c23)c1. The molecule has 3 aromatic heterocycles. The Bertz CT molecular complexity index is 1120. The molecular formula is C21H17N5O. The molecule has 4 rings (SSSR count). The molecule has 0 aliphatic carbocycles. The minimum absolute atomic E-state index is 0.199. The van der Waals surface area contributed by atoms with Gasteiger partial charge in [-0.15, -0.1) is 0 Å². The molecule has 1 aromatic carbocycles. The number of carbonyl (C=O) groups is 1. The van der Waals surface area contributed by atoms with Crippen molar-refractivity contribution in [2.45, 2.75) is 6.54 Å². The highest BCUT2D eigenvalue weighted by Gasteiger charge is 2.14. The summed E-state index contributed by atoms with van der Waals surface area (Å²) in [7, 11) is 0. The zero-order chi connectivity index (χ0) is 18.6. The zero-order valence-corrected chi connectivity index (χ0v) is 14.5. The molecule has 132 valence electrons. The van der Waals surface area contributed by atoms with Gasteiger partial charge in [-0.1, -0.05) is 24.8 Å². The largest absolute Gasteiger partial charge is 0.348 e. The second kappa shape index (κ2) is 7.21. The average Bonchev–Trinajstić information content (AvgIpc) is 3.17. The van der Waals surface area contributed by atoms with Crippen LogP contribution in [-0.4, -0.2) is 25.8 Å². The van der Waals surface area contributed by atoms with Crippen molar-refractivity contribution in [2.75, 3.05) is 0 Å². The summed E-state index contributed by atoms with van der Waals surface area (Å²) < 4.78 is 0. The topological polar surface area (TPSA) is 83.6 Å². The molecule has 0 saturated carbocycles. The van der Waals surface area contributed by atoms with Gasteiger partial charge in [-0.05, 0) is 35.4 Å². The molecule has 3 heterocycles. The maximum Gasteiger partial charge on any atom is 0.243 e. The normalized spacial score (nSPS) is 10.7. The molecule has 0 bridgehead atoms. The van der Waals surface area contributed by atoms with E-state index >= 15 is 0 Å². The Morgan fingerprint density at radius 1 is 1.15 bits per heavy atom. The van der Waals surface area contributed by atoms with Gasteiger partial charge in [-0.2, -0.15) is 0 Å². The fourth-order valence-electron chi connectivity index (χ4n) is 3.03. The smallest absolute Gasteiger partial charge is 0.243 e. The third kappa shape index (κ3) is 3.32. The summed E-state index contributed by atoms with van der Waals surface area (Å²) in [5.41, 5.74) is 5.62. The molecule has 0 saturated heterocycles. The van der Waals surface area contributed by atoms with Crippen molar-refractivity contribution in [1.29, 1.82) is 0 Å². The van der Waals surface area contributed by atoms with Gasteiger partial charge in [0, 0.05) is 36.3 Å². The number of hydrogen-bond donors (Lipinski definition) is 2. The lowest BCUT2D eigenvalue weighted by Gasteiger charge is -2.08. The number of hydrogen-bond acceptors (Lipinski definition) is 4. The molecule has 4 aromatic rings. The number of nitrogens with one attached hydrogen (secondary N) is 2. The zero-order valence-electron chi connectivity index (χ0n) is 14.5. The van der Waals surface area contributed by atoms with Crippen molar-refractivity contribution in [3.05, 3.63) is 79.5 Å². The molecule has 0 spiro atoms. The number of aromatic nitrogens is 4. The van der Waals surface area contributed by atoms with Crippen LogP contribution in [0.2, 0.25) is 0 Å². The Morgan fingerprint density at radius 3 is 2.81 bits per heavy atom. The van der Waals surface area contributed by atoms with Crippen LogP contribution in [-0.2, 0) is 11.3 Å². The van der Waals surface area contributed by atoms with Gasteiger partial charge < -0.3 is 10.3 Å². The van der Waals surface area contributed by atoms with Crippen molar-refractivity contribution in [2.24, 2.45) is 0 Å². The van der Waals surface area contributed by atoms with Gasteiger partial charge >= 0.3 is 0 Å². The first-order valence-electron chi connectivity index (χ1n) is 8.48. The van der Waals surface area contributed by atoms with E-state index in [1.54, 1.807) is 18.7 Å². The lowest BCUT2D eigenvalue weighted by molar-refractivity contribution is -0.116. The van der Waals surface area contributed by atoms with E-state index in [0.29, 0.717) is 6.54 Å². The predicted octanol–water partition coefficient (Wildman–Crippen LogP) is 3.49. The third-order valence-corrected chi connectivity index (χ3v) is 4.31. The first-order valence-corrected chi connectivity index (χ1v) is 8.48. The van der Waals surface area contributed by atoms with Crippen molar-refractivity contribution in [3.8, 4) is 22.4 Å². The van der Waals surface area contributed by atoms with Crippen molar-refractivity contribution >= 4 is 16.9 Å². The maximum absolute atomic E-state index is 11.4. The predicted molar refractivity (Wildman–Crippen MR) is 105 cm³/mol. The van der Waals surface area contributed by atoms with E-state index in [0.717, 1.165) is 39.0 Å². The summed E-state index contributed by atoms with van der Waals surface area (Å²) in [6, 6.07) is 11.9. The fraction of sp³-hybridized carbons (Fsp3) is 0.0476. The second-order valence-electron chi connectivity index (χ2n) is 6.01. The Labute approximate surface area is 156 Å². The highest BCUT2D eigenvalue weighted by atomic mass is 16.1. The number of nitrogens with zero attached hydrogens (tertiary/aromatic N) is 3. The number of aromatic amines is 1. The van der Waals surface area contributed by atoms with Gasteiger partial charge in [0.1, 0.15) is 12.0 Å². The van der Waals surface area contributed by atoms with Crippen LogP contribution in [0.1, 0.15) is 5.56 Å². The van der Waals surface area contributed by atoms with Crippen LogP contribution in [0, 0.1) is 0 Å². The summed E-state index contributed by atoms with van der Waals surface area (Å²) in [4.78, 5) is 27.6. The Kier molecular flexibility index (Phi) is 4.45. The number of benzene rings is 1. The van der Waals surface area contributed by atoms with Crippen molar-refractivity contribution in [3.63, 3.8) is 0 Å². The highest BCUT2D eigenvalue weighted by Crippen LogP contribution is 2.34. The van der Waals surface area contributed by atoms with E-state index < -0.39 is 0 Å². The molecule has 0 aliphatic rings. The molecule has 0 fully saturated rings. The van der Waals surface area contributed by atoms with Gasteiger partial charge in [-0.3, -0.25) is 9.78 Å². The Morgan fingerprint density at radius 2 is 2.00 bits per heavy atom. The molecule has 1 amide bonds. The lowest BCUT2D eigenvalue weighted by atomic mass is 10.0. The van der Waals surface area contributed by atoms with Crippen molar-refractivity contribution < 1.29 is 4.79 Å². The molecule has 0 aliphatic heterocycles. The highest BCUT2D eigenvalue weighted by molar-refractivity contribution is 6.02. The summed E-state index contributed by atoms with van der Waals surface area (Å²) in [5.74, 6) is -0.199. The number of H-pyrrole nitrogens is 1. The first kappa shape index (κ1) is 16.7. The van der Waals surface area contributed by atoms with E-state index in [-0.39, 0.29) is 5.91 Å². The molecule has 0 unspecified atom stereocenters. The van der Waals surface area contributed by atoms with Crippen LogP contribution in [0.25, 0.3) is 33.4 Å². The monoisotopic (exact) mass is 355 g/mol. The van der Waals surface area contributed by atoms with Crippen LogP contribution in [0.5, 0.6) is 0 Å². The van der Waals surface area contributed by atoms with E-state index in [2.05, 4.69) is 31.8 Å². The van der Waals surface area contributed by atoms with Gasteiger partial charge in [-0.25, -0.2) is 9.97 Å². The Balaban J connectivity index is 1.79.